The number of hydrogen-bond donors (Lipinski definition) is 0. The van der Waals surface area contributed by atoms with Crippen LogP contribution in [0.2, 0.25) is 0 Å². The van der Waals surface area contributed by atoms with Crippen molar-refractivity contribution >= 4 is 21.8 Å². The van der Waals surface area contributed by atoms with Crippen LogP contribution in [-0.4, -0.2) is 21.8 Å². The van der Waals surface area contributed by atoms with Crippen molar-refractivity contribution in [2.24, 2.45) is 0 Å². The van der Waals surface area contributed by atoms with Crippen molar-refractivity contribution in [3.8, 4) is 0 Å². The molecule has 3 rings (SSSR count). The maximum atomic E-state index is 12.6. The molecule has 0 N–H and O–H groups in total. The number of nitrogens with zero attached hydrogens (tertiary/aromatic N) is 2. The maximum absolute atomic E-state index is 12.6. The van der Waals surface area contributed by atoms with Gasteiger partial charge in [0.2, 0.25) is 5.91 Å². The highest BCUT2D eigenvalue weighted by Crippen LogP contribution is 2.29. The first-order valence-corrected chi connectivity index (χ1v) is 7.96. The van der Waals surface area contributed by atoms with Crippen LogP contribution in [0.4, 0.5) is 0 Å². The van der Waals surface area contributed by atoms with E-state index in [1.807, 2.05) is 47.4 Å². The topological polar surface area (TPSA) is 33.2 Å². The summed E-state index contributed by atoms with van der Waals surface area (Å²) < 4.78 is 0.993. The standard InChI is InChI=1S/C17H17BrN2O/c18-16-7-2-1-5-13(16)11-17(21)20(15-8-9-15)12-14-6-3-4-10-19-14/h1-7,10,15H,8-9,11-12H2. The molecule has 3 nitrogen and oxygen atoms in total. The Morgan fingerprint density at radius 3 is 2.62 bits per heavy atom. The van der Waals surface area contributed by atoms with E-state index in [1.54, 1.807) is 6.20 Å². The number of hydrogen-bond acceptors (Lipinski definition) is 2. The molecule has 0 bridgehead atoms. The molecule has 0 unspecified atom stereocenters. The summed E-state index contributed by atoms with van der Waals surface area (Å²) in [6.45, 7) is 0.606. The van der Waals surface area contributed by atoms with Crippen LogP contribution in [0.3, 0.4) is 0 Å². The van der Waals surface area contributed by atoms with E-state index in [0.717, 1.165) is 28.6 Å². The number of halogens is 1. The Labute approximate surface area is 133 Å². The Bertz CT molecular complexity index is 626. The molecule has 1 saturated carbocycles. The summed E-state index contributed by atoms with van der Waals surface area (Å²) >= 11 is 3.51. The molecule has 0 spiro atoms. The van der Waals surface area contributed by atoms with Crippen molar-refractivity contribution in [2.45, 2.75) is 31.8 Å². The molecule has 1 amide bonds. The van der Waals surface area contributed by atoms with Gasteiger partial charge in [0.15, 0.2) is 0 Å². The van der Waals surface area contributed by atoms with Crippen molar-refractivity contribution in [1.82, 2.24) is 9.88 Å². The van der Waals surface area contributed by atoms with Gasteiger partial charge >= 0.3 is 0 Å². The summed E-state index contributed by atoms with van der Waals surface area (Å²) in [5.74, 6) is 0.176. The van der Waals surface area contributed by atoms with E-state index in [2.05, 4.69) is 20.9 Å². The Morgan fingerprint density at radius 2 is 1.95 bits per heavy atom. The van der Waals surface area contributed by atoms with Gasteiger partial charge in [0.25, 0.3) is 0 Å². The Kier molecular flexibility index (Phi) is 4.34. The minimum atomic E-state index is 0.176. The van der Waals surface area contributed by atoms with Crippen molar-refractivity contribution in [3.63, 3.8) is 0 Å². The Hall–Kier alpha value is -1.68. The molecule has 1 aromatic carbocycles. The van der Waals surface area contributed by atoms with Gasteiger partial charge in [-0.3, -0.25) is 9.78 Å². The van der Waals surface area contributed by atoms with Gasteiger partial charge in [-0.25, -0.2) is 0 Å². The largest absolute Gasteiger partial charge is 0.334 e. The fraction of sp³-hybridized carbons (Fsp3) is 0.294. The van der Waals surface area contributed by atoms with Crippen LogP contribution in [0.25, 0.3) is 0 Å². The van der Waals surface area contributed by atoms with Crippen molar-refractivity contribution in [3.05, 3.63) is 64.4 Å². The molecule has 108 valence electrons. The van der Waals surface area contributed by atoms with Gasteiger partial charge in [0.05, 0.1) is 18.7 Å². The molecule has 1 heterocycles. The molecule has 0 saturated heterocycles. The van der Waals surface area contributed by atoms with Gasteiger partial charge in [-0.2, -0.15) is 0 Å². The van der Waals surface area contributed by atoms with E-state index in [-0.39, 0.29) is 5.91 Å². The zero-order valence-electron chi connectivity index (χ0n) is 11.7. The summed E-state index contributed by atoms with van der Waals surface area (Å²) in [5, 5.41) is 0. The van der Waals surface area contributed by atoms with Gasteiger partial charge < -0.3 is 4.90 Å². The van der Waals surface area contributed by atoms with Gasteiger partial charge in [0, 0.05) is 16.7 Å². The average Bonchev–Trinajstić information content (AvgIpc) is 3.33. The summed E-state index contributed by atoms with van der Waals surface area (Å²) in [4.78, 5) is 18.9. The quantitative estimate of drug-likeness (QED) is 0.830. The SMILES string of the molecule is O=C(Cc1ccccc1Br)N(Cc1ccccn1)C1CC1. The highest BCUT2D eigenvalue weighted by Gasteiger charge is 2.32. The fourth-order valence-corrected chi connectivity index (χ4v) is 2.80. The second kappa shape index (κ2) is 6.39. The summed E-state index contributed by atoms with van der Waals surface area (Å²) in [6, 6.07) is 14.1. The number of aromatic nitrogens is 1. The molecule has 1 fully saturated rings. The number of pyridine rings is 1. The first kappa shape index (κ1) is 14.3. The third-order valence-corrected chi connectivity index (χ3v) is 4.44. The highest BCUT2D eigenvalue weighted by atomic mass is 79.9. The number of amides is 1. The lowest BCUT2D eigenvalue weighted by atomic mass is 10.1. The number of benzene rings is 1. The molecule has 4 heteroatoms. The second-order valence-electron chi connectivity index (χ2n) is 5.34. The van der Waals surface area contributed by atoms with Gasteiger partial charge in [0.1, 0.15) is 0 Å². The summed E-state index contributed by atoms with van der Waals surface area (Å²) in [6.07, 6.45) is 4.42. The van der Waals surface area contributed by atoms with E-state index in [0.29, 0.717) is 19.0 Å². The molecule has 0 atom stereocenters. The van der Waals surface area contributed by atoms with E-state index in [1.165, 1.54) is 0 Å². The predicted molar refractivity (Wildman–Crippen MR) is 85.7 cm³/mol. The summed E-state index contributed by atoms with van der Waals surface area (Å²) in [7, 11) is 0. The minimum Gasteiger partial charge on any atom is -0.334 e. The number of carbonyl (C=O) groups excluding carboxylic acids is 1. The summed E-state index contributed by atoms with van der Waals surface area (Å²) in [5.41, 5.74) is 1.99. The number of rotatable bonds is 5. The van der Waals surface area contributed by atoms with Crippen LogP contribution in [0.15, 0.2) is 53.1 Å². The minimum absolute atomic E-state index is 0.176. The van der Waals surface area contributed by atoms with Crippen LogP contribution in [-0.2, 0) is 17.8 Å². The van der Waals surface area contributed by atoms with Crippen LogP contribution < -0.4 is 0 Å². The molecule has 0 aliphatic heterocycles. The van der Waals surface area contributed by atoms with Crippen LogP contribution in [0.1, 0.15) is 24.1 Å². The third kappa shape index (κ3) is 3.70. The smallest absolute Gasteiger partial charge is 0.227 e. The van der Waals surface area contributed by atoms with E-state index in [4.69, 9.17) is 0 Å². The third-order valence-electron chi connectivity index (χ3n) is 3.67. The first-order valence-electron chi connectivity index (χ1n) is 7.17. The van der Waals surface area contributed by atoms with Gasteiger partial charge in [-0.05, 0) is 36.6 Å². The lowest BCUT2D eigenvalue weighted by Crippen LogP contribution is -2.34. The second-order valence-corrected chi connectivity index (χ2v) is 6.20. The van der Waals surface area contributed by atoms with E-state index < -0.39 is 0 Å². The molecular weight excluding hydrogens is 328 g/mol. The number of carbonyl (C=O) groups is 1. The molecule has 1 aromatic heterocycles. The van der Waals surface area contributed by atoms with Gasteiger partial charge in [-0.1, -0.05) is 40.2 Å². The van der Waals surface area contributed by atoms with Gasteiger partial charge in [-0.15, -0.1) is 0 Å². The lowest BCUT2D eigenvalue weighted by molar-refractivity contribution is -0.131. The van der Waals surface area contributed by atoms with E-state index in [9.17, 15) is 4.79 Å². The van der Waals surface area contributed by atoms with E-state index >= 15 is 0 Å². The molecule has 1 aliphatic carbocycles. The zero-order valence-corrected chi connectivity index (χ0v) is 13.3. The van der Waals surface area contributed by atoms with Crippen molar-refractivity contribution in [1.29, 1.82) is 0 Å². The molecule has 0 radical (unpaired) electrons. The average molecular weight is 345 g/mol. The van der Waals surface area contributed by atoms with Crippen LogP contribution >= 0.6 is 15.9 Å². The first-order chi connectivity index (χ1) is 10.2. The normalized spacial score (nSPS) is 14.0. The molecule has 1 aliphatic rings. The van der Waals surface area contributed by atoms with Crippen molar-refractivity contribution < 1.29 is 4.79 Å². The Balaban J connectivity index is 1.72. The van der Waals surface area contributed by atoms with Crippen LogP contribution in [0.5, 0.6) is 0 Å². The Morgan fingerprint density at radius 1 is 1.19 bits per heavy atom. The van der Waals surface area contributed by atoms with Crippen LogP contribution in [0, 0.1) is 0 Å². The highest BCUT2D eigenvalue weighted by molar-refractivity contribution is 9.10. The van der Waals surface area contributed by atoms with Crippen molar-refractivity contribution in [2.75, 3.05) is 0 Å². The molecule has 2 aromatic rings. The maximum Gasteiger partial charge on any atom is 0.227 e. The molecular formula is C17H17BrN2O. The zero-order chi connectivity index (χ0) is 14.7. The monoisotopic (exact) mass is 344 g/mol. The fourth-order valence-electron chi connectivity index (χ4n) is 2.38. The predicted octanol–water partition coefficient (Wildman–Crippen LogP) is 3.58. The lowest BCUT2D eigenvalue weighted by Gasteiger charge is -2.22. The molecule has 21 heavy (non-hydrogen) atoms.